The summed E-state index contributed by atoms with van der Waals surface area (Å²) >= 11 is 3.31. The van der Waals surface area contributed by atoms with Crippen LogP contribution in [-0.4, -0.2) is 21.8 Å². The lowest BCUT2D eigenvalue weighted by atomic mass is 10.4. The Hall–Kier alpha value is -1.30. The van der Waals surface area contributed by atoms with Crippen molar-refractivity contribution in [3.8, 4) is 5.88 Å². The number of rotatable bonds is 3. The van der Waals surface area contributed by atoms with E-state index >= 15 is 0 Å². The van der Waals surface area contributed by atoms with Gasteiger partial charge >= 0.3 is 0 Å². The fourth-order valence-corrected chi connectivity index (χ4v) is 1.42. The molecule has 0 fully saturated rings. The van der Waals surface area contributed by atoms with Gasteiger partial charge in [0.2, 0.25) is 0 Å². The minimum absolute atomic E-state index is 0.483. The summed E-state index contributed by atoms with van der Waals surface area (Å²) in [6.45, 7) is 0.580. The van der Waals surface area contributed by atoms with Crippen LogP contribution in [0.25, 0.3) is 0 Å². The molecule has 0 aliphatic rings. The summed E-state index contributed by atoms with van der Waals surface area (Å²) in [4.78, 5) is 4.03. The van der Waals surface area contributed by atoms with Crippen molar-refractivity contribution < 1.29 is 9.26 Å². The average Bonchev–Trinajstić information content (AvgIpc) is 2.77. The van der Waals surface area contributed by atoms with Gasteiger partial charge in [0.05, 0.1) is 13.7 Å². The van der Waals surface area contributed by atoms with Crippen molar-refractivity contribution in [2.24, 2.45) is 0 Å². The van der Waals surface area contributed by atoms with E-state index < -0.39 is 0 Å². The Morgan fingerprint density at radius 1 is 1.64 bits per heavy atom. The molecule has 0 bridgehead atoms. The van der Waals surface area contributed by atoms with E-state index in [2.05, 4.69) is 26.1 Å². The topological polar surface area (TPSA) is 53.1 Å². The van der Waals surface area contributed by atoms with Gasteiger partial charge in [-0.15, -0.1) is 0 Å². The third kappa shape index (κ3) is 1.79. The van der Waals surface area contributed by atoms with E-state index in [1.165, 1.54) is 0 Å². The highest BCUT2D eigenvalue weighted by atomic mass is 79.9. The molecule has 0 saturated carbocycles. The maximum absolute atomic E-state index is 5.04. The van der Waals surface area contributed by atoms with Crippen LogP contribution in [0.2, 0.25) is 0 Å². The second kappa shape index (κ2) is 3.83. The molecule has 2 rings (SSSR count). The van der Waals surface area contributed by atoms with Crippen LogP contribution in [0, 0.1) is 0 Å². The number of imidazole rings is 1. The summed E-state index contributed by atoms with van der Waals surface area (Å²) in [6, 6.07) is 1.74. The molecular formula is C8H8BrN3O2. The summed E-state index contributed by atoms with van der Waals surface area (Å²) in [6.07, 6.45) is 3.55. The first-order chi connectivity index (χ1) is 6.79. The molecule has 0 aliphatic carbocycles. The zero-order valence-electron chi connectivity index (χ0n) is 7.48. The van der Waals surface area contributed by atoms with E-state index in [9.17, 15) is 0 Å². The van der Waals surface area contributed by atoms with Gasteiger partial charge in [-0.2, -0.15) is 0 Å². The zero-order valence-corrected chi connectivity index (χ0v) is 9.06. The standard InChI is InChI=1S/C8H8BrN3O2/c1-13-7-4-6(14-11-7)5-12-3-2-10-8(12)9/h2-4H,5H2,1H3. The zero-order chi connectivity index (χ0) is 9.97. The van der Waals surface area contributed by atoms with Crippen molar-refractivity contribution in [1.82, 2.24) is 14.7 Å². The number of hydrogen-bond donors (Lipinski definition) is 0. The van der Waals surface area contributed by atoms with Gasteiger partial charge in [-0.25, -0.2) is 4.98 Å². The number of ether oxygens (including phenoxy) is 1. The van der Waals surface area contributed by atoms with Crippen LogP contribution in [-0.2, 0) is 6.54 Å². The molecule has 2 aromatic heterocycles. The molecule has 0 N–H and O–H groups in total. The summed E-state index contributed by atoms with van der Waals surface area (Å²) in [7, 11) is 1.55. The van der Waals surface area contributed by atoms with Gasteiger partial charge in [-0.1, -0.05) is 0 Å². The highest BCUT2D eigenvalue weighted by molar-refractivity contribution is 9.10. The quantitative estimate of drug-likeness (QED) is 0.840. The van der Waals surface area contributed by atoms with Crippen molar-refractivity contribution in [3.63, 3.8) is 0 Å². The van der Waals surface area contributed by atoms with Gasteiger partial charge in [-0.3, -0.25) is 0 Å². The lowest BCUT2D eigenvalue weighted by Crippen LogP contribution is -1.96. The van der Waals surface area contributed by atoms with Gasteiger partial charge in [0, 0.05) is 18.5 Å². The molecule has 0 amide bonds. The molecule has 74 valence electrons. The number of aromatic nitrogens is 3. The molecule has 5 nitrogen and oxygen atoms in total. The van der Waals surface area contributed by atoms with Gasteiger partial charge in [0.15, 0.2) is 10.5 Å². The molecule has 0 spiro atoms. The lowest BCUT2D eigenvalue weighted by molar-refractivity contribution is 0.323. The first kappa shape index (κ1) is 9.26. The third-order valence-electron chi connectivity index (χ3n) is 1.74. The number of halogens is 1. The largest absolute Gasteiger partial charge is 0.479 e. The molecule has 0 saturated heterocycles. The fraction of sp³-hybridized carbons (Fsp3) is 0.250. The predicted molar refractivity (Wildman–Crippen MR) is 52.1 cm³/mol. The second-order valence-corrected chi connectivity index (χ2v) is 3.37. The second-order valence-electron chi connectivity index (χ2n) is 2.66. The van der Waals surface area contributed by atoms with Crippen molar-refractivity contribution in [3.05, 3.63) is 29.0 Å². The van der Waals surface area contributed by atoms with Gasteiger partial charge in [-0.05, 0) is 21.1 Å². The Morgan fingerprint density at radius 3 is 3.07 bits per heavy atom. The van der Waals surface area contributed by atoms with Crippen LogP contribution in [0.4, 0.5) is 0 Å². The van der Waals surface area contributed by atoms with Crippen LogP contribution in [0.1, 0.15) is 5.76 Å². The molecule has 6 heteroatoms. The number of hydrogen-bond acceptors (Lipinski definition) is 4. The van der Waals surface area contributed by atoms with Crippen molar-refractivity contribution in [2.75, 3.05) is 7.11 Å². The molecule has 2 aromatic rings. The molecule has 14 heavy (non-hydrogen) atoms. The predicted octanol–water partition coefficient (Wildman–Crippen LogP) is 1.69. The van der Waals surface area contributed by atoms with E-state index in [0.29, 0.717) is 12.4 Å². The average molecular weight is 258 g/mol. The Bertz CT molecular complexity index is 424. The van der Waals surface area contributed by atoms with Crippen LogP contribution < -0.4 is 4.74 Å². The first-order valence-electron chi connectivity index (χ1n) is 3.96. The number of methoxy groups -OCH3 is 1. The van der Waals surface area contributed by atoms with Crippen LogP contribution in [0.3, 0.4) is 0 Å². The number of nitrogens with zero attached hydrogens (tertiary/aromatic N) is 3. The maximum atomic E-state index is 5.04. The fourth-order valence-electron chi connectivity index (χ4n) is 1.06. The Balaban J connectivity index is 2.15. The van der Waals surface area contributed by atoms with Crippen LogP contribution in [0.5, 0.6) is 5.88 Å². The smallest absolute Gasteiger partial charge is 0.254 e. The van der Waals surface area contributed by atoms with Crippen LogP contribution >= 0.6 is 15.9 Å². The Morgan fingerprint density at radius 2 is 2.50 bits per heavy atom. The van der Waals surface area contributed by atoms with Crippen LogP contribution in [0.15, 0.2) is 27.7 Å². The first-order valence-corrected chi connectivity index (χ1v) is 4.75. The normalized spacial score (nSPS) is 10.4. The molecular weight excluding hydrogens is 250 g/mol. The van der Waals surface area contributed by atoms with E-state index in [-0.39, 0.29) is 0 Å². The summed E-state index contributed by atoms with van der Waals surface area (Å²) in [5, 5.41) is 3.70. The third-order valence-corrected chi connectivity index (χ3v) is 2.40. The molecule has 0 aliphatic heterocycles. The molecule has 0 atom stereocenters. The van der Waals surface area contributed by atoms with E-state index in [1.807, 2.05) is 10.8 Å². The summed E-state index contributed by atoms with van der Waals surface area (Å²) in [5.74, 6) is 1.21. The Labute approximate surface area is 88.8 Å². The van der Waals surface area contributed by atoms with Crippen molar-refractivity contribution >= 4 is 15.9 Å². The van der Waals surface area contributed by atoms with Gasteiger partial charge in [0.1, 0.15) is 0 Å². The minimum atomic E-state index is 0.483. The van der Waals surface area contributed by atoms with Crippen molar-refractivity contribution in [1.29, 1.82) is 0 Å². The molecule has 0 radical (unpaired) electrons. The Kier molecular flexibility index (Phi) is 2.53. The van der Waals surface area contributed by atoms with E-state index in [1.54, 1.807) is 19.4 Å². The lowest BCUT2D eigenvalue weighted by Gasteiger charge is -1.97. The SMILES string of the molecule is COc1cc(Cn2ccnc2Br)on1. The monoisotopic (exact) mass is 257 g/mol. The molecule has 2 heterocycles. The highest BCUT2D eigenvalue weighted by Crippen LogP contribution is 2.14. The minimum Gasteiger partial charge on any atom is -0.479 e. The highest BCUT2D eigenvalue weighted by Gasteiger charge is 2.06. The van der Waals surface area contributed by atoms with Gasteiger partial charge < -0.3 is 13.8 Å². The van der Waals surface area contributed by atoms with Crippen molar-refractivity contribution in [2.45, 2.75) is 6.54 Å². The summed E-state index contributed by atoms with van der Waals surface area (Å²) in [5.41, 5.74) is 0. The maximum Gasteiger partial charge on any atom is 0.254 e. The molecule has 0 aromatic carbocycles. The van der Waals surface area contributed by atoms with Gasteiger partial charge in [0.25, 0.3) is 5.88 Å². The van der Waals surface area contributed by atoms with E-state index in [0.717, 1.165) is 10.5 Å². The van der Waals surface area contributed by atoms with E-state index in [4.69, 9.17) is 9.26 Å². The molecule has 0 unspecified atom stereocenters. The summed E-state index contributed by atoms with van der Waals surface area (Å²) < 4.78 is 12.6.